The van der Waals surface area contributed by atoms with E-state index in [1.165, 1.54) is 0 Å². The number of rotatable bonds is 3. The molecule has 0 saturated heterocycles. The molecule has 1 aromatic carbocycles. The van der Waals surface area contributed by atoms with Gasteiger partial charge in [-0.25, -0.2) is 0 Å². The lowest BCUT2D eigenvalue weighted by molar-refractivity contribution is -0.121. The second-order valence-corrected chi connectivity index (χ2v) is 5.09. The van der Waals surface area contributed by atoms with Crippen LogP contribution in [0.1, 0.15) is 25.3 Å². The lowest BCUT2D eigenvalue weighted by atomic mass is 9.93. The second-order valence-electron chi connectivity index (χ2n) is 4.25. The maximum absolute atomic E-state index is 11.4. The van der Waals surface area contributed by atoms with Gasteiger partial charge in [0.2, 0.25) is 0 Å². The molecule has 0 spiro atoms. The quantitative estimate of drug-likeness (QED) is 0.786. The van der Waals surface area contributed by atoms with Crippen LogP contribution in [0.4, 0.5) is 0 Å². The Morgan fingerprint density at radius 2 is 2.07 bits per heavy atom. The lowest BCUT2D eigenvalue weighted by Gasteiger charge is -2.12. The number of hydrogen-bond acceptors (Lipinski definition) is 1. The van der Waals surface area contributed by atoms with Crippen LogP contribution in [0.25, 0.3) is 0 Å². The van der Waals surface area contributed by atoms with Gasteiger partial charge in [0.1, 0.15) is 5.78 Å². The van der Waals surface area contributed by atoms with E-state index in [1.54, 1.807) is 13.0 Å². The fraction of sp³-hybridized carbons (Fsp3) is 0.417. The zero-order valence-electron chi connectivity index (χ0n) is 8.52. The predicted octanol–water partition coefficient (Wildman–Crippen LogP) is 3.91. The van der Waals surface area contributed by atoms with Gasteiger partial charge in [-0.15, -0.1) is 0 Å². The van der Waals surface area contributed by atoms with Gasteiger partial charge in [-0.1, -0.05) is 29.3 Å². The minimum atomic E-state index is -0.128. The third-order valence-corrected chi connectivity index (χ3v) is 3.73. The van der Waals surface area contributed by atoms with E-state index in [9.17, 15) is 4.79 Å². The molecule has 1 saturated carbocycles. The van der Waals surface area contributed by atoms with Crippen molar-refractivity contribution < 1.29 is 4.79 Å². The zero-order valence-corrected chi connectivity index (χ0v) is 10.0. The molecule has 0 heterocycles. The second kappa shape index (κ2) is 3.80. The van der Waals surface area contributed by atoms with E-state index >= 15 is 0 Å². The van der Waals surface area contributed by atoms with Crippen LogP contribution >= 0.6 is 23.2 Å². The molecule has 15 heavy (non-hydrogen) atoms. The van der Waals surface area contributed by atoms with Crippen molar-refractivity contribution >= 4 is 29.0 Å². The normalized spacial score (nSPS) is 17.5. The molecule has 1 aliphatic carbocycles. The van der Waals surface area contributed by atoms with E-state index in [0.29, 0.717) is 10.0 Å². The van der Waals surface area contributed by atoms with Gasteiger partial charge in [-0.2, -0.15) is 0 Å². The first-order valence-electron chi connectivity index (χ1n) is 4.98. The van der Waals surface area contributed by atoms with Crippen LogP contribution in [0.5, 0.6) is 0 Å². The first kappa shape index (κ1) is 11.0. The maximum Gasteiger partial charge on any atom is 0.136 e. The molecular weight excluding hydrogens is 231 g/mol. The fourth-order valence-corrected chi connectivity index (χ4v) is 2.31. The molecule has 0 radical (unpaired) electrons. The topological polar surface area (TPSA) is 17.1 Å². The number of carbonyl (C=O) groups is 1. The van der Waals surface area contributed by atoms with Crippen LogP contribution in [0, 0.1) is 5.41 Å². The van der Waals surface area contributed by atoms with Crippen LogP contribution in [-0.4, -0.2) is 5.78 Å². The van der Waals surface area contributed by atoms with Crippen molar-refractivity contribution in [3.63, 3.8) is 0 Å². The summed E-state index contributed by atoms with van der Waals surface area (Å²) in [6, 6.07) is 5.46. The molecule has 1 aromatic rings. The molecule has 1 nitrogen and oxygen atoms in total. The molecule has 80 valence electrons. The number of hydrogen-bond donors (Lipinski definition) is 0. The van der Waals surface area contributed by atoms with Gasteiger partial charge in [0.25, 0.3) is 0 Å². The summed E-state index contributed by atoms with van der Waals surface area (Å²) in [7, 11) is 0. The summed E-state index contributed by atoms with van der Waals surface area (Å²) in [6.07, 6.45) is 2.72. The average molecular weight is 243 g/mol. The predicted molar refractivity (Wildman–Crippen MR) is 62.5 cm³/mol. The summed E-state index contributed by atoms with van der Waals surface area (Å²) < 4.78 is 0. The minimum Gasteiger partial charge on any atom is -0.299 e. The Hall–Kier alpha value is -0.530. The Bertz CT molecular complexity index is 408. The molecule has 0 atom stereocenters. The maximum atomic E-state index is 11.4. The van der Waals surface area contributed by atoms with Crippen LogP contribution in [0.3, 0.4) is 0 Å². The zero-order chi connectivity index (χ0) is 11.1. The molecular formula is C12H12Cl2O. The lowest BCUT2D eigenvalue weighted by Crippen LogP contribution is -2.15. The van der Waals surface area contributed by atoms with Gasteiger partial charge in [-0.05, 0) is 43.9 Å². The van der Waals surface area contributed by atoms with Crippen molar-refractivity contribution in [2.75, 3.05) is 0 Å². The van der Waals surface area contributed by atoms with Gasteiger partial charge in [0.15, 0.2) is 0 Å². The smallest absolute Gasteiger partial charge is 0.136 e. The summed E-state index contributed by atoms with van der Waals surface area (Å²) in [5, 5.41) is 1.30. The number of carbonyl (C=O) groups excluding carboxylic acids is 1. The SMILES string of the molecule is CC(=O)C1(Cc2ccc(Cl)cc2Cl)CC1. The molecule has 1 fully saturated rings. The van der Waals surface area contributed by atoms with E-state index in [1.807, 2.05) is 12.1 Å². The van der Waals surface area contributed by atoms with Crippen LogP contribution < -0.4 is 0 Å². The van der Waals surface area contributed by atoms with Crippen molar-refractivity contribution in [2.45, 2.75) is 26.2 Å². The Morgan fingerprint density at radius 1 is 1.40 bits per heavy atom. The summed E-state index contributed by atoms with van der Waals surface area (Å²) in [4.78, 5) is 11.4. The van der Waals surface area contributed by atoms with E-state index < -0.39 is 0 Å². The van der Waals surface area contributed by atoms with Crippen LogP contribution in [-0.2, 0) is 11.2 Å². The van der Waals surface area contributed by atoms with Crippen LogP contribution in [0.15, 0.2) is 18.2 Å². The number of benzene rings is 1. The monoisotopic (exact) mass is 242 g/mol. The molecule has 1 aliphatic rings. The van der Waals surface area contributed by atoms with Gasteiger partial charge < -0.3 is 0 Å². The van der Waals surface area contributed by atoms with Gasteiger partial charge in [0.05, 0.1) is 0 Å². The highest BCUT2D eigenvalue weighted by Gasteiger charge is 2.47. The standard InChI is InChI=1S/C12H12Cl2O/c1-8(15)12(4-5-12)7-9-2-3-10(13)6-11(9)14/h2-3,6H,4-5,7H2,1H3. The Kier molecular flexibility index (Phi) is 2.78. The Labute approximate surface area is 99.4 Å². The highest BCUT2D eigenvalue weighted by atomic mass is 35.5. The molecule has 0 amide bonds. The van der Waals surface area contributed by atoms with Crippen molar-refractivity contribution in [1.82, 2.24) is 0 Å². The summed E-state index contributed by atoms with van der Waals surface area (Å²) in [6.45, 7) is 1.66. The summed E-state index contributed by atoms with van der Waals surface area (Å²) in [5.74, 6) is 0.272. The van der Waals surface area contributed by atoms with Gasteiger partial charge >= 0.3 is 0 Å². The molecule has 0 N–H and O–H groups in total. The molecule has 0 aromatic heterocycles. The minimum absolute atomic E-state index is 0.128. The molecule has 3 heteroatoms. The van der Waals surface area contributed by atoms with E-state index in [4.69, 9.17) is 23.2 Å². The fourth-order valence-electron chi connectivity index (χ4n) is 1.83. The van der Waals surface area contributed by atoms with E-state index in [2.05, 4.69) is 0 Å². The summed E-state index contributed by atoms with van der Waals surface area (Å²) >= 11 is 11.9. The number of ketones is 1. The van der Waals surface area contributed by atoms with Gasteiger partial charge in [0, 0.05) is 15.5 Å². The number of halogens is 2. The van der Waals surface area contributed by atoms with Crippen molar-refractivity contribution in [2.24, 2.45) is 5.41 Å². The molecule has 0 unspecified atom stereocenters. The third-order valence-electron chi connectivity index (χ3n) is 3.14. The Balaban J connectivity index is 2.21. The van der Waals surface area contributed by atoms with Crippen molar-refractivity contribution in [3.05, 3.63) is 33.8 Å². The molecule has 2 rings (SSSR count). The average Bonchev–Trinajstić information content (AvgIpc) is 2.91. The first-order valence-corrected chi connectivity index (χ1v) is 5.74. The van der Waals surface area contributed by atoms with Crippen molar-refractivity contribution in [3.8, 4) is 0 Å². The summed E-state index contributed by atoms with van der Waals surface area (Å²) in [5.41, 5.74) is 0.894. The van der Waals surface area contributed by atoms with Crippen molar-refractivity contribution in [1.29, 1.82) is 0 Å². The van der Waals surface area contributed by atoms with Gasteiger partial charge in [-0.3, -0.25) is 4.79 Å². The third kappa shape index (κ3) is 2.19. The largest absolute Gasteiger partial charge is 0.299 e. The molecule has 0 aliphatic heterocycles. The Morgan fingerprint density at radius 3 is 2.53 bits per heavy atom. The van der Waals surface area contributed by atoms with E-state index in [0.717, 1.165) is 24.8 Å². The molecule has 0 bridgehead atoms. The highest BCUT2D eigenvalue weighted by molar-refractivity contribution is 6.35. The van der Waals surface area contributed by atoms with E-state index in [-0.39, 0.29) is 11.2 Å². The highest BCUT2D eigenvalue weighted by Crippen LogP contribution is 2.49. The first-order chi connectivity index (χ1) is 7.03. The number of Topliss-reactive ketones (excluding diaryl/α,β-unsaturated/α-hetero) is 1. The van der Waals surface area contributed by atoms with Crippen LogP contribution in [0.2, 0.25) is 10.0 Å².